The molecule has 1 heterocycles. The Balaban J connectivity index is 1.87. The van der Waals surface area contributed by atoms with Gasteiger partial charge in [0.2, 0.25) is 0 Å². The lowest BCUT2D eigenvalue weighted by molar-refractivity contribution is 0.345. The Morgan fingerprint density at radius 2 is 1.43 bits per heavy atom. The van der Waals surface area contributed by atoms with E-state index in [2.05, 4.69) is 42.5 Å². The third kappa shape index (κ3) is 2.33. The molecule has 6 rings (SSSR count). The van der Waals surface area contributed by atoms with Crippen LogP contribution in [-0.4, -0.2) is 6.61 Å². The molecule has 0 saturated heterocycles. The van der Waals surface area contributed by atoms with Crippen LogP contribution in [0.2, 0.25) is 0 Å². The summed E-state index contributed by atoms with van der Waals surface area (Å²) in [5, 5.41) is 6.35. The van der Waals surface area contributed by atoms with Crippen LogP contribution in [0.15, 0.2) is 83.7 Å². The summed E-state index contributed by atoms with van der Waals surface area (Å²) in [5.41, 5.74) is 1.58. The maximum absolute atomic E-state index is 13.7. The zero-order valence-corrected chi connectivity index (χ0v) is 17.3. The molecule has 2 nitrogen and oxygen atoms in total. The van der Waals surface area contributed by atoms with E-state index in [0.29, 0.717) is 17.9 Å². The minimum absolute atomic E-state index is 0.0321. The lowest BCUT2D eigenvalue weighted by Gasteiger charge is -2.18. The zero-order chi connectivity index (χ0) is 20.2. The first-order valence-electron chi connectivity index (χ1n) is 10.1. The summed E-state index contributed by atoms with van der Waals surface area (Å²) in [6.45, 7) is 2.47. The fourth-order valence-corrected chi connectivity index (χ4v) is 5.70. The van der Waals surface area contributed by atoms with Gasteiger partial charge in [0.1, 0.15) is 5.75 Å². The molecule has 6 aromatic rings. The maximum Gasteiger partial charge on any atom is 0.198 e. The van der Waals surface area contributed by atoms with E-state index in [4.69, 9.17) is 4.74 Å². The van der Waals surface area contributed by atoms with E-state index >= 15 is 0 Å². The Bertz CT molecular complexity index is 1610. The van der Waals surface area contributed by atoms with Crippen LogP contribution in [-0.2, 0) is 0 Å². The highest BCUT2D eigenvalue weighted by Gasteiger charge is 2.21. The zero-order valence-electron chi connectivity index (χ0n) is 16.4. The predicted octanol–water partition coefficient (Wildman–Crippen LogP) is 7.22. The van der Waals surface area contributed by atoms with Crippen molar-refractivity contribution in [3.05, 3.63) is 89.1 Å². The van der Waals surface area contributed by atoms with Crippen LogP contribution < -0.4 is 10.2 Å². The minimum Gasteiger partial charge on any atom is -0.492 e. The Labute approximate surface area is 177 Å². The van der Waals surface area contributed by atoms with E-state index < -0.39 is 0 Å². The average Bonchev–Trinajstić information content (AvgIpc) is 2.79. The Kier molecular flexibility index (Phi) is 3.80. The van der Waals surface area contributed by atoms with Crippen molar-refractivity contribution >= 4 is 53.1 Å². The van der Waals surface area contributed by atoms with Gasteiger partial charge in [0.15, 0.2) is 5.43 Å². The van der Waals surface area contributed by atoms with Crippen molar-refractivity contribution in [3.63, 3.8) is 0 Å². The van der Waals surface area contributed by atoms with Gasteiger partial charge in [0.25, 0.3) is 0 Å². The highest BCUT2D eigenvalue weighted by Crippen LogP contribution is 2.44. The first-order chi connectivity index (χ1) is 14.8. The SMILES string of the molecule is CCOc1c(-c2ccccc2)c(=O)c2ccc3c4ccccc4sc4ccc1c2c43. The summed E-state index contributed by atoms with van der Waals surface area (Å²) in [6.07, 6.45) is 0. The second-order valence-electron chi connectivity index (χ2n) is 7.45. The molecule has 1 aromatic heterocycles. The normalized spacial score (nSPS) is 11.8. The Morgan fingerprint density at radius 1 is 0.700 bits per heavy atom. The summed E-state index contributed by atoms with van der Waals surface area (Å²) in [4.78, 5) is 13.7. The molecule has 0 radical (unpaired) electrons. The highest BCUT2D eigenvalue weighted by atomic mass is 32.1. The molecule has 0 N–H and O–H groups in total. The number of rotatable bonds is 3. The quantitative estimate of drug-likeness (QED) is 0.229. The Morgan fingerprint density at radius 3 is 2.27 bits per heavy atom. The molecule has 5 aromatic carbocycles. The second kappa shape index (κ2) is 6.54. The molecule has 0 aliphatic rings. The van der Waals surface area contributed by atoms with E-state index in [0.717, 1.165) is 27.1 Å². The van der Waals surface area contributed by atoms with Crippen LogP contribution in [0, 0.1) is 0 Å². The van der Waals surface area contributed by atoms with Crippen LogP contribution in [0.3, 0.4) is 0 Å². The average molecular weight is 407 g/mol. The van der Waals surface area contributed by atoms with Gasteiger partial charge in [-0.15, -0.1) is 11.3 Å². The molecule has 0 unspecified atom stereocenters. The van der Waals surface area contributed by atoms with Crippen molar-refractivity contribution in [1.82, 2.24) is 0 Å². The molecular weight excluding hydrogens is 388 g/mol. The smallest absolute Gasteiger partial charge is 0.198 e. The molecule has 0 aliphatic carbocycles. The van der Waals surface area contributed by atoms with Gasteiger partial charge in [0.05, 0.1) is 12.2 Å². The van der Waals surface area contributed by atoms with Crippen molar-refractivity contribution in [1.29, 1.82) is 0 Å². The summed E-state index contributed by atoms with van der Waals surface area (Å²) in [6, 6.07) is 26.7. The highest BCUT2D eigenvalue weighted by molar-refractivity contribution is 7.25. The number of fused-ring (bicyclic) bond motifs is 2. The Hall–Kier alpha value is -3.43. The largest absolute Gasteiger partial charge is 0.492 e. The van der Waals surface area contributed by atoms with Gasteiger partial charge in [-0.2, -0.15) is 0 Å². The predicted molar refractivity (Wildman–Crippen MR) is 128 cm³/mol. The molecule has 0 saturated carbocycles. The first-order valence-corrected chi connectivity index (χ1v) is 10.9. The van der Waals surface area contributed by atoms with Gasteiger partial charge < -0.3 is 4.74 Å². The molecule has 30 heavy (non-hydrogen) atoms. The van der Waals surface area contributed by atoms with Crippen LogP contribution in [0.25, 0.3) is 52.8 Å². The first kappa shape index (κ1) is 17.4. The van der Waals surface area contributed by atoms with Gasteiger partial charge in [-0.05, 0) is 47.5 Å². The molecular formula is C27H18O2S. The van der Waals surface area contributed by atoms with E-state index in [1.807, 2.05) is 43.3 Å². The van der Waals surface area contributed by atoms with Crippen molar-refractivity contribution in [3.8, 4) is 16.9 Å². The fraction of sp³-hybridized carbons (Fsp3) is 0.0741. The third-order valence-corrected chi connectivity index (χ3v) is 6.95. The molecule has 0 bridgehead atoms. The van der Waals surface area contributed by atoms with Gasteiger partial charge >= 0.3 is 0 Å². The molecule has 0 fully saturated rings. The summed E-state index contributed by atoms with van der Waals surface area (Å²) >= 11 is 1.77. The lowest BCUT2D eigenvalue weighted by atomic mass is 9.91. The molecule has 144 valence electrons. The lowest BCUT2D eigenvalue weighted by Crippen LogP contribution is -2.10. The number of hydrogen-bond donors (Lipinski definition) is 0. The monoisotopic (exact) mass is 406 g/mol. The van der Waals surface area contributed by atoms with Gasteiger partial charge in [-0.3, -0.25) is 4.79 Å². The second-order valence-corrected chi connectivity index (χ2v) is 8.54. The van der Waals surface area contributed by atoms with Gasteiger partial charge in [0, 0.05) is 30.9 Å². The van der Waals surface area contributed by atoms with Crippen LogP contribution in [0.4, 0.5) is 0 Å². The van der Waals surface area contributed by atoms with E-state index in [9.17, 15) is 4.79 Å². The van der Waals surface area contributed by atoms with Crippen molar-refractivity contribution in [2.45, 2.75) is 6.92 Å². The van der Waals surface area contributed by atoms with Crippen LogP contribution in [0.1, 0.15) is 6.92 Å². The summed E-state index contributed by atoms with van der Waals surface area (Å²) in [5.74, 6) is 0.689. The maximum atomic E-state index is 13.7. The fourth-order valence-electron chi connectivity index (χ4n) is 4.58. The summed E-state index contributed by atoms with van der Waals surface area (Å²) < 4.78 is 8.56. The van der Waals surface area contributed by atoms with Gasteiger partial charge in [-0.25, -0.2) is 0 Å². The number of ether oxygens (including phenoxy) is 1. The molecule has 0 atom stereocenters. The van der Waals surface area contributed by atoms with E-state index in [1.54, 1.807) is 11.3 Å². The molecule has 0 amide bonds. The van der Waals surface area contributed by atoms with E-state index in [1.165, 1.54) is 20.2 Å². The molecule has 0 aliphatic heterocycles. The molecule has 3 heteroatoms. The molecule has 0 spiro atoms. The topological polar surface area (TPSA) is 26.3 Å². The van der Waals surface area contributed by atoms with Crippen molar-refractivity contribution in [2.24, 2.45) is 0 Å². The number of hydrogen-bond acceptors (Lipinski definition) is 3. The van der Waals surface area contributed by atoms with Crippen molar-refractivity contribution in [2.75, 3.05) is 6.61 Å². The van der Waals surface area contributed by atoms with Gasteiger partial charge in [-0.1, -0.05) is 54.6 Å². The standard InChI is InChI=1S/C27H18O2S/c1-2-29-27-20-14-15-22-25-18(17-10-6-7-11-21(17)30-22)12-13-19(24(20)25)26(28)23(27)16-8-4-3-5-9-16/h3-15H,2H2,1H3. The number of benzene rings is 5. The third-order valence-electron chi connectivity index (χ3n) is 5.81. The minimum atomic E-state index is 0.0321. The van der Waals surface area contributed by atoms with Crippen LogP contribution >= 0.6 is 11.3 Å². The van der Waals surface area contributed by atoms with Crippen LogP contribution in [0.5, 0.6) is 5.75 Å². The van der Waals surface area contributed by atoms with Crippen molar-refractivity contribution < 1.29 is 4.74 Å². The summed E-state index contributed by atoms with van der Waals surface area (Å²) in [7, 11) is 0. The van der Waals surface area contributed by atoms with E-state index in [-0.39, 0.29) is 5.43 Å².